The van der Waals surface area contributed by atoms with Crippen LogP contribution in [0.1, 0.15) is 12.0 Å². The Morgan fingerprint density at radius 3 is 2.50 bits per heavy atom. The van der Waals surface area contributed by atoms with E-state index in [1.807, 2.05) is 24.3 Å². The molecule has 0 aliphatic heterocycles. The Morgan fingerprint density at radius 1 is 1.33 bits per heavy atom. The van der Waals surface area contributed by atoms with Crippen molar-refractivity contribution in [2.75, 3.05) is 7.11 Å². The molecular weight excluding hydrogens is 234 g/mol. The third-order valence-electron chi connectivity index (χ3n) is 3.07. The lowest BCUT2D eigenvalue weighted by atomic mass is 10.2. The maximum absolute atomic E-state index is 11.6. The SMILES string of the molecule is COc1ccc(CNC(=O)[C@@H]2C[C@H]2C(=O)O)cc1. The maximum atomic E-state index is 11.6. The van der Waals surface area contributed by atoms with Gasteiger partial charge in [0.25, 0.3) is 0 Å². The molecule has 0 spiro atoms. The van der Waals surface area contributed by atoms with Crippen molar-refractivity contribution < 1.29 is 19.4 Å². The lowest BCUT2D eigenvalue weighted by molar-refractivity contribution is -0.140. The number of ether oxygens (including phenoxy) is 1. The lowest BCUT2D eigenvalue weighted by Gasteiger charge is -2.05. The molecular formula is C13H15NO4. The van der Waals surface area contributed by atoms with Crippen molar-refractivity contribution in [2.45, 2.75) is 13.0 Å². The molecule has 5 nitrogen and oxygen atoms in total. The monoisotopic (exact) mass is 249 g/mol. The van der Waals surface area contributed by atoms with E-state index in [4.69, 9.17) is 9.84 Å². The number of carbonyl (C=O) groups excluding carboxylic acids is 1. The molecule has 96 valence electrons. The zero-order valence-electron chi connectivity index (χ0n) is 10.1. The van der Waals surface area contributed by atoms with Gasteiger partial charge in [0.1, 0.15) is 5.75 Å². The highest BCUT2D eigenvalue weighted by atomic mass is 16.5. The molecule has 1 saturated carbocycles. The number of benzene rings is 1. The highest BCUT2D eigenvalue weighted by Gasteiger charge is 2.48. The summed E-state index contributed by atoms with van der Waals surface area (Å²) in [6.45, 7) is 0.408. The molecule has 5 heteroatoms. The van der Waals surface area contributed by atoms with E-state index in [1.54, 1.807) is 7.11 Å². The third-order valence-corrected chi connectivity index (χ3v) is 3.07. The van der Waals surface area contributed by atoms with Crippen molar-refractivity contribution in [3.05, 3.63) is 29.8 Å². The summed E-state index contributed by atoms with van der Waals surface area (Å²) in [6, 6.07) is 7.36. The first-order valence-electron chi connectivity index (χ1n) is 5.75. The molecule has 1 aromatic carbocycles. The van der Waals surface area contributed by atoms with Crippen LogP contribution in [0.3, 0.4) is 0 Å². The van der Waals surface area contributed by atoms with Gasteiger partial charge < -0.3 is 15.2 Å². The number of carbonyl (C=O) groups is 2. The summed E-state index contributed by atoms with van der Waals surface area (Å²) < 4.78 is 5.03. The maximum Gasteiger partial charge on any atom is 0.307 e. The molecule has 1 aromatic rings. The molecule has 2 atom stereocenters. The minimum absolute atomic E-state index is 0.182. The molecule has 2 rings (SSSR count). The smallest absolute Gasteiger partial charge is 0.307 e. The average molecular weight is 249 g/mol. The van der Waals surface area contributed by atoms with Gasteiger partial charge >= 0.3 is 5.97 Å². The highest BCUT2D eigenvalue weighted by Crippen LogP contribution is 2.38. The van der Waals surface area contributed by atoms with Gasteiger partial charge in [-0.15, -0.1) is 0 Å². The minimum atomic E-state index is -0.889. The number of amides is 1. The van der Waals surface area contributed by atoms with Crippen LogP contribution in [0.4, 0.5) is 0 Å². The van der Waals surface area contributed by atoms with E-state index in [2.05, 4.69) is 5.32 Å². The van der Waals surface area contributed by atoms with Crippen LogP contribution in [0.5, 0.6) is 5.75 Å². The van der Waals surface area contributed by atoms with Gasteiger partial charge in [0, 0.05) is 6.54 Å². The molecule has 1 aliphatic rings. The number of hydrogen-bond acceptors (Lipinski definition) is 3. The van der Waals surface area contributed by atoms with E-state index in [0.29, 0.717) is 13.0 Å². The van der Waals surface area contributed by atoms with Crippen LogP contribution in [0, 0.1) is 11.8 Å². The van der Waals surface area contributed by atoms with Gasteiger partial charge in [0.05, 0.1) is 18.9 Å². The second kappa shape index (κ2) is 5.08. The summed E-state index contributed by atoms with van der Waals surface area (Å²) in [7, 11) is 1.59. The van der Waals surface area contributed by atoms with Gasteiger partial charge in [-0.05, 0) is 24.1 Å². The Bertz CT molecular complexity index is 455. The van der Waals surface area contributed by atoms with Gasteiger partial charge in [-0.25, -0.2) is 0 Å². The fraction of sp³-hybridized carbons (Fsp3) is 0.385. The molecule has 1 amide bonds. The van der Waals surface area contributed by atoms with Crippen molar-refractivity contribution in [1.29, 1.82) is 0 Å². The third kappa shape index (κ3) is 2.80. The van der Waals surface area contributed by atoms with Crippen LogP contribution in [-0.2, 0) is 16.1 Å². The predicted octanol–water partition coefficient (Wildman–Crippen LogP) is 1.03. The molecule has 0 unspecified atom stereocenters. The summed E-state index contributed by atoms with van der Waals surface area (Å²) in [5, 5.41) is 11.5. The topological polar surface area (TPSA) is 75.6 Å². The number of aliphatic carboxylic acids is 1. The van der Waals surface area contributed by atoms with Gasteiger partial charge in [0.15, 0.2) is 0 Å². The average Bonchev–Trinajstić information content (AvgIpc) is 3.17. The normalized spacial score (nSPS) is 21.2. The van der Waals surface area contributed by atoms with Crippen molar-refractivity contribution in [3.63, 3.8) is 0 Å². The summed E-state index contributed by atoms with van der Waals surface area (Å²) in [4.78, 5) is 22.2. The first-order chi connectivity index (χ1) is 8.61. The molecule has 1 fully saturated rings. The van der Waals surface area contributed by atoms with Gasteiger partial charge in [-0.2, -0.15) is 0 Å². The first kappa shape index (κ1) is 12.4. The van der Waals surface area contributed by atoms with Crippen LogP contribution in [0.2, 0.25) is 0 Å². The van der Waals surface area contributed by atoms with Crippen LogP contribution in [0.15, 0.2) is 24.3 Å². The van der Waals surface area contributed by atoms with Crippen molar-refractivity contribution in [1.82, 2.24) is 5.32 Å². The predicted molar refractivity (Wildman–Crippen MR) is 64.1 cm³/mol. The summed E-state index contributed by atoms with van der Waals surface area (Å²) in [5.74, 6) is -1.17. The van der Waals surface area contributed by atoms with E-state index in [0.717, 1.165) is 11.3 Å². The van der Waals surface area contributed by atoms with Crippen molar-refractivity contribution in [2.24, 2.45) is 11.8 Å². The largest absolute Gasteiger partial charge is 0.497 e. The van der Waals surface area contributed by atoms with Gasteiger partial charge in [0.2, 0.25) is 5.91 Å². The summed E-state index contributed by atoms with van der Waals surface area (Å²) >= 11 is 0. The minimum Gasteiger partial charge on any atom is -0.497 e. The number of hydrogen-bond donors (Lipinski definition) is 2. The van der Waals surface area contributed by atoms with E-state index >= 15 is 0 Å². The fourth-order valence-corrected chi connectivity index (χ4v) is 1.82. The molecule has 0 saturated heterocycles. The number of carboxylic acid groups (broad SMARTS) is 1. The molecule has 1 aliphatic carbocycles. The number of nitrogens with one attached hydrogen (secondary N) is 1. The zero-order valence-corrected chi connectivity index (χ0v) is 10.1. The van der Waals surface area contributed by atoms with Crippen LogP contribution in [0.25, 0.3) is 0 Å². The van der Waals surface area contributed by atoms with Gasteiger partial charge in [-0.1, -0.05) is 12.1 Å². The Balaban J connectivity index is 1.81. The second-order valence-electron chi connectivity index (χ2n) is 4.35. The molecule has 0 radical (unpaired) electrons. The van der Waals surface area contributed by atoms with E-state index in [1.165, 1.54) is 0 Å². The quantitative estimate of drug-likeness (QED) is 0.817. The van der Waals surface area contributed by atoms with Gasteiger partial charge in [-0.3, -0.25) is 9.59 Å². The zero-order chi connectivity index (χ0) is 13.1. The number of methoxy groups -OCH3 is 1. The molecule has 2 N–H and O–H groups in total. The number of carboxylic acids is 1. The summed E-state index contributed by atoms with van der Waals surface area (Å²) in [6.07, 6.45) is 0.448. The van der Waals surface area contributed by atoms with Crippen LogP contribution >= 0.6 is 0 Å². The first-order valence-corrected chi connectivity index (χ1v) is 5.75. The van der Waals surface area contributed by atoms with Crippen LogP contribution in [-0.4, -0.2) is 24.1 Å². The Morgan fingerprint density at radius 2 is 2.00 bits per heavy atom. The van der Waals surface area contributed by atoms with Crippen molar-refractivity contribution in [3.8, 4) is 5.75 Å². The van der Waals surface area contributed by atoms with Crippen molar-refractivity contribution >= 4 is 11.9 Å². The Hall–Kier alpha value is -2.04. The standard InChI is InChI=1S/C13H15NO4/c1-18-9-4-2-8(3-5-9)7-14-12(15)10-6-11(10)13(16)17/h2-5,10-11H,6-7H2,1H3,(H,14,15)(H,16,17)/t10-,11-/m1/s1. The highest BCUT2D eigenvalue weighted by molar-refractivity contribution is 5.89. The second-order valence-corrected chi connectivity index (χ2v) is 4.35. The Labute approximate surface area is 105 Å². The van der Waals surface area contributed by atoms with E-state index in [-0.39, 0.29) is 11.8 Å². The Kier molecular flexibility index (Phi) is 3.50. The molecule has 18 heavy (non-hydrogen) atoms. The van der Waals surface area contributed by atoms with E-state index < -0.39 is 11.9 Å². The summed E-state index contributed by atoms with van der Waals surface area (Å²) in [5.41, 5.74) is 0.955. The van der Waals surface area contributed by atoms with Crippen LogP contribution < -0.4 is 10.1 Å². The molecule has 0 aromatic heterocycles. The number of rotatable bonds is 5. The van der Waals surface area contributed by atoms with E-state index in [9.17, 15) is 9.59 Å². The molecule has 0 bridgehead atoms. The fourth-order valence-electron chi connectivity index (χ4n) is 1.82. The lowest BCUT2D eigenvalue weighted by Crippen LogP contribution is -2.25. The molecule has 0 heterocycles.